The minimum atomic E-state index is -4.40. The fourth-order valence-corrected chi connectivity index (χ4v) is 3.34. The summed E-state index contributed by atoms with van der Waals surface area (Å²) < 4.78 is 49.1. The van der Waals surface area contributed by atoms with Crippen LogP contribution in [0.1, 0.15) is 43.0 Å². The molecule has 0 aliphatic carbocycles. The van der Waals surface area contributed by atoms with Crippen LogP contribution in [0.4, 0.5) is 18.0 Å². The van der Waals surface area contributed by atoms with Gasteiger partial charge in [-0.3, -0.25) is 4.90 Å². The summed E-state index contributed by atoms with van der Waals surface area (Å²) in [4.78, 5) is 25.4. The first-order chi connectivity index (χ1) is 14.8. The second kappa shape index (κ2) is 8.72. The zero-order chi connectivity index (χ0) is 23.7. The smallest absolute Gasteiger partial charge is 0.416 e. The molecule has 0 aromatic heterocycles. The monoisotopic (exact) mass is 451 g/mol. The highest BCUT2D eigenvalue weighted by Crippen LogP contribution is 2.30. The fraction of sp³-hybridized carbons (Fsp3) is 0.391. The zero-order valence-corrected chi connectivity index (χ0v) is 17.9. The van der Waals surface area contributed by atoms with Gasteiger partial charge in [0, 0.05) is 6.42 Å². The van der Waals surface area contributed by atoms with Crippen LogP contribution in [0, 0.1) is 0 Å². The number of benzene rings is 2. The molecule has 32 heavy (non-hydrogen) atoms. The Labute approximate surface area is 183 Å². The van der Waals surface area contributed by atoms with Gasteiger partial charge in [0.15, 0.2) is 0 Å². The Bertz CT molecular complexity index is 996. The number of aliphatic carboxylic acids is 1. The number of ether oxygens (including phenoxy) is 2. The molecular weight excluding hydrogens is 427 g/mol. The normalized spacial score (nSPS) is 16.3. The molecule has 0 radical (unpaired) electrons. The minimum Gasteiger partial charge on any atom is -0.489 e. The van der Waals surface area contributed by atoms with E-state index in [1.807, 2.05) is 0 Å². The molecule has 0 fully saturated rings. The van der Waals surface area contributed by atoms with E-state index < -0.39 is 35.4 Å². The van der Waals surface area contributed by atoms with E-state index in [2.05, 4.69) is 0 Å². The third-order valence-corrected chi connectivity index (χ3v) is 4.91. The highest BCUT2D eigenvalue weighted by Gasteiger charge is 2.37. The van der Waals surface area contributed by atoms with Crippen LogP contribution >= 0.6 is 0 Å². The van der Waals surface area contributed by atoms with Crippen molar-refractivity contribution in [3.63, 3.8) is 0 Å². The van der Waals surface area contributed by atoms with Crippen LogP contribution in [0.5, 0.6) is 5.75 Å². The first-order valence-corrected chi connectivity index (χ1v) is 9.96. The van der Waals surface area contributed by atoms with E-state index in [1.54, 1.807) is 39.0 Å². The summed E-state index contributed by atoms with van der Waals surface area (Å²) >= 11 is 0. The van der Waals surface area contributed by atoms with Crippen molar-refractivity contribution in [1.82, 2.24) is 4.90 Å². The van der Waals surface area contributed by atoms with Gasteiger partial charge in [-0.05, 0) is 61.7 Å². The topological polar surface area (TPSA) is 76.1 Å². The van der Waals surface area contributed by atoms with Crippen molar-refractivity contribution in [3.8, 4) is 5.75 Å². The lowest BCUT2D eigenvalue weighted by Crippen LogP contribution is -2.50. The molecule has 9 heteroatoms. The lowest BCUT2D eigenvalue weighted by atomic mass is 9.94. The highest BCUT2D eigenvalue weighted by molar-refractivity contribution is 5.81. The van der Waals surface area contributed by atoms with Gasteiger partial charge in [0.05, 0.1) is 12.1 Å². The maximum absolute atomic E-state index is 12.7. The summed E-state index contributed by atoms with van der Waals surface area (Å²) in [5, 5.41) is 9.57. The summed E-state index contributed by atoms with van der Waals surface area (Å²) in [7, 11) is 0. The van der Waals surface area contributed by atoms with Gasteiger partial charge < -0.3 is 14.6 Å². The minimum absolute atomic E-state index is 0.0404. The standard InChI is InChI=1S/C23H24F3NO5/c1-22(2,3)32-21(30)27-12-16-10-18(9-6-15(16)11-19(27)20(28)29)31-13-14-4-7-17(8-5-14)23(24,25)26/h4-10,19H,11-13H2,1-3H3,(H,28,29)/t19-/m0/s1. The maximum Gasteiger partial charge on any atom is 0.416 e. The van der Waals surface area contributed by atoms with Crippen LogP contribution in [0.25, 0.3) is 0 Å². The Morgan fingerprint density at radius 3 is 2.28 bits per heavy atom. The zero-order valence-electron chi connectivity index (χ0n) is 17.9. The number of rotatable bonds is 4. The van der Waals surface area contributed by atoms with Gasteiger partial charge in [-0.1, -0.05) is 18.2 Å². The Hall–Kier alpha value is -3.23. The lowest BCUT2D eigenvalue weighted by Gasteiger charge is -2.35. The van der Waals surface area contributed by atoms with Crippen molar-refractivity contribution in [3.05, 3.63) is 64.7 Å². The predicted molar refractivity (Wildman–Crippen MR) is 109 cm³/mol. The van der Waals surface area contributed by atoms with Gasteiger partial charge in [0.25, 0.3) is 0 Å². The van der Waals surface area contributed by atoms with Crippen molar-refractivity contribution in [2.45, 2.75) is 58.2 Å². The van der Waals surface area contributed by atoms with Crippen molar-refractivity contribution >= 4 is 12.1 Å². The Morgan fingerprint density at radius 1 is 1.06 bits per heavy atom. The number of amides is 1. The SMILES string of the molecule is CC(C)(C)OC(=O)N1Cc2cc(OCc3ccc(C(F)(F)F)cc3)ccc2C[C@H]1C(=O)O. The molecule has 0 saturated carbocycles. The highest BCUT2D eigenvalue weighted by atomic mass is 19.4. The van der Waals surface area contributed by atoms with Gasteiger partial charge in [-0.15, -0.1) is 0 Å². The number of carbonyl (C=O) groups excluding carboxylic acids is 1. The van der Waals surface area contributed by atoms with Crippen LogP contribution in [-0.2, 0) is 35.3 Å². The molecule has 2 aromatic carbocycles. The molecule has 172 valence electrons. The van der Waals surface area contributed by atoms with Crippen molar-refractivity contribution in [1.29, 1.82) is 0 Å². The number of alkyl halides is 3. The molecule has 3 rings (SSSR count). The Kier molecular flexibility index (Phi) is 6.39. The van der Waals surface area contributed by atoms with Crippen LogP contribution in [-0.4, -0.2) is 33.7 Å². The number of hydrogen-bond donors (Lipinski definition) is 1. The van der Waals surface area contributed by atoms with Gasteiger partial charge in [0.2, 0.25) is 0 Å². The molecule has 1 heterocycles. The fourth-order valence-electron chi connectivity index (χ4n) is 3.34. The summed E-state index contributed by atoms with van der Waals surface area (Å²) in [6.07, 6.45) is -4.99. The molecule has 1 amide bonds. The molecule has 2 aromatic rings. The molecule has 0 saturated heterocycles. The Morgan fingerprint density at radius 2 is 1.72 bits per heavy atom. The lowest BCUT2D eigenvalue weighted by molar-refractivity contribution is -0.143. The number of fused-ring (bicyclic) bond motifs is 1. The Balaban J connectivity index is 1.73. The number of carboxylic acids is 1. The summed E-state index contributed by atoms with van der Waals surface area (Å²) in [6, 6.07) is 8.76. The van der Waals surface area contributed by atoms with E-state index in [9.17, 15) is 27.9 Å². The molecular formula is C23H24F3NO5. The van der Waals surface area contributed by atoms with Gasteiger partial charge in [-0.2, -0.15) is 13.2 Å². The van der Waals surface area contributed by atoms with E-state index >= 15 is 0 Å². The molecule has 6 nitrogen and oxygen atoms in total. The molecule has 0 spiro atoms. The maximum atomic E-state index is 12.7. The summed E-state index contributed by atoms with van der Waals surface area (Å²) in [5.41, 5.74) is 0.562. The molecule has 0 bridgehead atoms. The second-order valence-electron chi connectivity index (χ2n) is 8.58. The molecule has 1 N–H and O–H groups in total. The van der Waals surface area contributed by atoms with Crippen LogP contribution in [0.2, 0.25) is 0 Å². The van der Waals surface area contributed by atoms with Crippen molar-refractivity contribution in [2.75, 3.05) is 0 Å². The average molecular weight is 451 g/mol. The van der Waals surface area contributed by atoms with E-state index in [1.165, 1.54) is 17.0 Å². The van der Waals surface area contributed by atoms with Crippen LogP contribution in [0.3, 0.4) is 0 Å². The number of halogens is 3. The average Bonchev–Trinajstić information content (AvgIpc) is 2.69. The quantitative estimate of drug-likeness (QED) is 0.706. The number of nitrogens with zero attached hydrogens (tertiary/aromatic N) is 1. The molecule has 1 aliphatic heterocycles. The molecule has 1 atom stereocenters. The summed E-state index contributed by atoms with van der Waals surface area (Å²) in [5.74, 6) is -0.661. The number of hydrogen-bond acceptors (Lipinski definition) is 4. The van der Waals surface area contributed by atoms with Gasteiger partial charge in [0.1, 0.15) is 24.0 Å². The van der Waals surface area contributed by atoms with Gasteiger partial charge in [-0.25, -0.2) is 9.59 Å². The van der Waals surface area contributed by atoms with E-state index in [4.69, 9.17) is 9.47 Å². The summed E-state index contributed by atoms with van der Waals surface area (Å²) in [6.45, 7) is 5.20. The predicted octanol–water partition coefficient (Wildman–Crippen LogP) is 5.03. The van der Waals surface area contributed by atoms with E-state index in [0.717, 1.165) is 23.3 Å². The van der Waals surface area contributed by atoms with E-state index in [0.29, 0.717) is 11.3 Å². The van der Waals surface area contributed by atoms with Crippen molar-refractivity contribution in [2.24, 2.45) is 0 Å². The number of carboxylic acid groups (broad SMARTS) is 1. The number of carbonyl (C=O) groups is 2. The third kappa shape index (κ3) is 5.72. The first-order valence-electron chi connectivity index (χ1n) is 9.96. The van der Waals surface area contributed by atoms with Crippen LogP contribution in [0.15, 0.2) is 42.5 Å². The first kappa shape index (κ1) is 23.4. The van der Waals surface area contributed by atoms with Gasteiger partial charge >= 0.3 is 18.2 Å². The van der Waals surface area contributed by atoms with Crippen molar-refractivity contribution < 1.29 is 37.3 Å². The molecule has 1 aliphatic rings. The molecule has 0 unspecified atom stereocenters. The van der Waals surface area contributed by atoms with E-state index in [-0.39, 0.29) is 19.6 Å². The third-order valence-electron chi connectivity index (χ3n) is 4.91. The second-order valence-corrected chi connectivity index (χ2v) is 8.58. The van der Waals surface area contributed by atoms with Crippen LogP contribution < -0.4 is 4.74 Å². The largest absolute Gasteiger partial charge is 0.489 e.